The number of ether oxygens (including phenoxy) is 2. The maximum absolute atomic E-state index is 12.6. The van der Waals surface area contributed by atoms with Crippen LogP contribution in [0, 0.1) is 0 Å². The quantitative estimate of drug-likeness (QED) is 0.808. The summed E-state index contributed by atoms with van der Waals surface area (Å²) in [5, 5.41) is 12.4. The Morgan fingerprint density at radius 3 is 2.42 bits per heavy atom. The summed E-state index contributed by atoms with van der Waals surface area (Å²) in [6.45, 7) is 4.22. The highest BCUT2D eigenvalue weighted by molar-refractivity contribution is 7.98. The van der Waals surface area contributed by atoms with Crippen LogP contribution in [0.4, 0.5) is 5.13 Å². The summed E-state index contributed by atoms with van der Waals surface area (Å²) in [6.07, 6.45) is 2.05. The number of amides is 1. The Kier molecular flexibility index (Phi) is 6.06. The Morgan fingerprint density at radius 2 is 1.88 bits per heavy atom. The lowest BCUT2D eigenvalue weighted by Crippen LogP contribution is -2.19. The SMILES string of the molecule is COc1cccc(OC)c1C(=O)Nc1nnc(C(C)(C)CSC)s1. The molecule has 1 N–H and O–H groups in total. The fourth-order valence-electron chi connectivity index (χ4n) is 2.20. The second-order valence-corrected chi connectivity index (χ2v) is 7.56. The molecule has 0 radical (unpaired) electrons. The molecule has 0 spiro atoms. The lowest BCUT2D eigenvalue weighted by molar-refractivity contribution is 0.102. The monoisotopic (exact) mass is 367 g/mol. The van der Waals surface area contributed by atoms with Gasteiger partial charge in [0, 0.05) is 11.2 Å². The second-order valence-electron chi connectivity index (χ2n) is 5.72. The number of anilines is 1. The van der Waals surface area contributed by atoms with Crippen molar-refractivity contribution in [1.82, 2.24) is 10.2 Å². The van der Waals surface area contributed by atoms with E-state index in [0.717, 1.165) is 10.8 Å². The molecule has 0 saturated heterocycles. The number of aromatic nitrogens is 2. The molecule has 2 aromatic rings. The zero-order valence-electron chi connectivity index (χ0n) is 14.4. The van der Waals surface area contributed by atoms with Gasteiger partial charge in [-0.25, -0.2) is 0 Å². The topological polar surface area (TPSA) is 73.3 Å². The molecule has 0 aliphatic heterocycles. The van der Waals surface area contributed by atoms with E-state index in [1.807, 2.05) is 0 Å². The first-order valence-electron chi connectivity index (χ1n) is 7.28. The molecule has 1 amide bonds. The smallest absolute Gasteiger partial charge is 0.265 e. The molecule has 0 atom stereocenters. The van der Waals surface area contributed by atoms with Crippen molar-refractivity contribution in [3.05, 3.63) is 28.8 Å². The zero-order chi connectivity index (χ0) is 17.7. The van der Waals surface area contributed by atoms with Gasteiger partial charge in [0.2, 0.25) is 5.13 Å². The molecule has 0 unspecified atom stereocenters. The summed E-state index contributed by atoms with van der Waals surface area (Å²) < 4.78 is 10.5. The van der Waals surface area contributed by atoms with Gasteiger partial charge < -0.3 is 9.47 Å². The maximum atomic E-state index is 12.6. The standard InChI is InChI=1S/C16H21N3O3S2/c1-16(2,9-23-5)14-18-19-15(24-14)17-13(20)12-10(21-3)7-6-8-11(12)22-4/h6-8H,9H2,1-5H3,(H,17,19,20). The molecule has 0 bridgehead atoms. The van der Waals surface area contributed by atoms with E-state index in [0.29, 0.717) is 22.2 Å². The molecule has 2 rings (SSSR count). The van der Waals surface area contributed by atoms with Gasteiger partial charge in [0.15, 0.2) is 0 Å². The minimum absolute atomic E-state index is 0.0951. The highest BCUT2D eigenvalue weighted by Crippen LogP contribution is 2.33. The number of carbonyl (C=O) groups is 1. The van der Waals surface area contributed by atoms with Crippen LogP contribution >= 0.6 is 23.1 Å². The van der Waals surface area contributed by atoms with E-state index < -0.39 is 0 Å². The van der Waals surface area contributed by atoms with Gasteiger partial charge in [-0.15, -0.1) is 10.2 Å². The van der Waals surface area contributed by atoms with Gasteiger partial charge in [-0.1, -0.05) is 31.3 Å². The van der Waals surface area contributed by atoms with Crippen molar-refractivity contribution in [3.8, 4) is 11.5 Å². The molecule has 0 aliphatic rings. The van der Waals surface area contributed by atoms with Crippen LogP contribution in [0.2, 0.25) is 0 Å². The van der Waals surface area contributed by atoms with Gasteiger partial charge in [-0.05, 0) is 18.4 Å². The predicted octanol–water partition coefficient (Wildman–Crippen LogP) is 3.45. The first kappa shape index (κ1) is 18.5. The Hall–Kier alpha value is -1.80. The lowest BCUT2D eigenvalue weighted by Gasteiger charge is -2.19. The second kappa shape index (κ2) is 7.85. The minimum Gasteiger partial charge on any atom is -0.496 e. The molecule has 6 nitrogen and oxygen atoms in total. The molecule has 1 aromatic carbocycles. The molecule has 24 heavy (non-hydrogen) atoms. The zero-order valence-corrected chi connectivity index (χ0v) is 16.0. The third-order valence-corrected chi connectivity index (χ3v) is 5.60. The number of rotatable bonds is 7. The van der Waals surface area contributed by atoms with Crippen molar-refractivity contribution in [3.63, 3.8) is 0 Å². The molecule has 0 aliphatic carbocycles. The average Bonchev–Trinajstić information content (AvgIpc) is 3.03. The summed E-state index contributed by atoms with van der Waals surface area (Å²) in [5.41, 5.74) is 0.241. The Balaban J connectivity index is 2.24. The number of nitrogens with zero attached hydrogens (tertiary/aromatic N) is 2. The van der Waals surface area contributed by atoms with E-state index >= 15 is 0 Å². The van der Waals surface area contributed by atoms with Crippen molar-refractivity contribution in [1.29, 1.82) is 0 Å². The van der Waals surface area contributed by atoms with Gasteiger partial charge >= 0.3 is 0 Å². The van der Waals surface area contributed by atoms with E-state index in [1.165, 1.54) is 25.6 Å². The van der Waals surface area contributed by atoms with E-state index in [9.17, 15) is 4.79 Å². The van der Waals surface area contributed by atoms with E-state index in [-0.39, 0.29) is 11.3 Å². The number of nitrogens with one attached hydrogen (secondary N) is 1. The van der Waals surface area contributed by atoms with E-state index in [2.05, 4.69) is 35.6 Å². The minimum atomic E-state index is -0.338. The van der Waals surface area contributed by atoms with Crippen molar-refractivity contribution in [2.75, 3.05) is 31.5 Å². The molecule has 0 fully saturated rings. The van der Waals surface area contributed by atoms with Crippen LogP contribution in [0.25, 0.3) is 0 Å². The fourth-order valence-corrected chi connectivity index (χ4v) is 3.99. The first-order chi connectivity index (χ1) is 11.4. The number of hydrogen-bond acceptors (Lipinski definition) is 7. The highest BCUT2D eigenvalue weighted by atomic mass is 32.2. The van der Waals surface area contributed by atoms with Crippen molar-refractivity contribution >= 4 is 34.1 Å². The molecule has 130 valence electrons. The molecule has 1 aromatic heterocycles. The lowest BCUT2D eigenvalue weighted by atomic mass is 9.98. The van der Waals surface area contributed by atoms with Gasteiger partial charge in [0.25, 0.3) is 5.91 Å². The fraction of sp³-hybridized carbons (Fsp3) is 0.438. The van der Waals surface area contributed by atoms with Gasteiger partial charge in [0.05, 0.1) is 14.2 Å². The normalized spacial score (nSPS) is 11.2. The van der Waals surface area contributed by atoms with Gasteiger partial charge in [-0.2, -0.15) is 11.8 Å². The Labute approximate surface area is 150 Å². The number of thioether (sulfide) groups is 1. The van der Waals surface area contributed by atoms with Crippen LogP contribution in [0.3, 0.4) is 0 Å². The van der Waals surface area contributed by atoms with Crippen LogP contribution in [-0.4, -0.2) is 42.3 Å². The van der Waals surface area contributed by atoms with Crippen molar-refractivity contribution in [2.24, 2.45) is 0 Å². The molecule has 0 saturated carbocycles. The van der Waals surface area contributed by atoms with Crippen molar-refractivity contribution in [2.45, 2.75) is 19.3 Å². The predicted molar refractivity (Wildman–Crippen MR) is 98.8 cm³/mol. The van der Waals surface area contributed by atoms with E-state index in [1.54, 1.807) is 30.0 Å². The number of hydrogen-bond donors (Lipinski definition) is 1. The first-order valence-corrected chi connectivity index (χ1v) is 9.49. The molecule has 1 heterocycles. The summed E-state index contributed by atoms with van der Waals surface area (Å²) in [4.78, 5) is 12.6. The summed E-state index contributed by atoms with van der Waals surface area (Å²) in [5.74, 6) is 1.48. The van der Waals surface area contributed by atoms with Crippen LogP contribution in [0.5, 0.6) is 11.5 Å². The summed E-state index contributed by atoms with van der Waals surface area (Å²) >= 11 is 3.13. The largest absolute Gasteiger partial charge is 0.496 e. The molecular weight excluding hydrogens is 346 g/mol. The molecule has 8 heteroatoms. The van der Waals surface area contributed by atoms with Crippen molar-refractivity contribution < 1.29 is 14.3 Å². The third-order valence-electron chi connectivity index (χ3n) is 3.38. The number of benzene rings is 1. The maximum Gasteiger partial charge on any atom is 0.265 e. The van der Waals surface area contributed by atoms with E-state index in [4.69, 9.17) is 9.47 Å². The average molecular weight is 367 g/mol. The Morgan fingerprint density at radius 1 is 1.25 bits per heavy atom. The van der Waals surface area contributed by atoms with Gasteiger partial charge in [-0.3, -0.25) is 10.1 Å². The summed E-state index contributed by atoms with van der Waals surface area (Å²) in [7, 11) is 3.03. The van der Waals surface area contributed by atoms with Crippen LogP contribution < -0.4 is 14.8 Å². The Bertz CT molecular complexity index is 694. The third kappa shape index (κ3) is 3.99. The summed E-state index contributed by atoms with van der Waals surface area (Å²) in [6, 6.07) is 5.19. The molecular formula is C16H21N3O3S2. The van der Waals surface area contributed by atoms with Gasteiger partial charge in [0.1, 0.15) is 22.1 Å². The van der Waals surface area contributed by atoms with Crippen LogP contribution in [-0.2, 0) is 5.41 Å². The van der Waals surface area contributed by atoms with Crippen LogP contribution in [0.1, 0.15) is 29.2 Å². The number of methoxy groups -OCH3 is 2. The highest BCUT2D eigenvalue weighted by Gasteiger charge is 2.26. The van der Waals surface area contributed by atoms with Crippen LogP contribution in [0.15, 0.2) is 18.2 Å². The number of carbonyl (C=O) groups excluding carboxylic acids is 1.